The zero-order valence-electron chi connectivity index (χ0n) is 15.2. The van der Waals surface area contributed by atoms with Gasteiger partial charge in [-0.05, 0) is 42.8 Å². The Morgan fingerprint density at radius 1 is 1.21 bits per heavy atom. The van der Waals surface area contributed by atoms with Crippen molar-refractivity contribution in [3.63, 3.8) is 0 Å². The van der Waals surface area contributed by atoms with Gasteiger partial charge in [0.1, 0.15) is 5.75 Å². The number of amides is 1. The summed E-state index contributed by atoms with van der Waals surface area (Å²) in [5, 5.41) is 5.02. The van der Waals surface area contributed by atoms with Crippen molar-refractivity contribution in [3.8, 4) is 17.0 Å². The topological polar surface area (TPSA) is 98.2 Å². The molecule has 0 saturated carbocycles. The fourth-order valence-corrected chi connectivity index (χ4v) is 4.53. The van der Waals surface area contributed by atoms with Crippen LogP contribution in [0.3, 0.4) is 0 Å². The van der Waals surface area contributed by atoms with Crippen LogP contribution in [-0.2, 0) is 14.6 Å². The number of rotatable bonds is 8. The van der Waals surface area contributed by atoms with Crippen LogP contribution >= 0.6 is 11.3 Å². The van der Waals surface area contributed by atoms with Gasteiger partial charge >= 0.3 is 0 Å². The zero-order chi connectivity index (χ0) is 20.0. The summed E-state index contributed by atoms with van der Waals surface area (Å²) in [7, 11) is -1.92. The molecule has 1 amide bonds. The van der Waals surface area contributed by atoms with Gasteiger partial charge in [0, 0.05) is 29.8 Å². The first-order chi connectivity index (χ1) is 13.5. The molecule has 7 nitrogen and oxygen atoms in total. The second kappa shape index (κ2) is 8.94. The van der Waals surface area contributed by atoms with Gasteiger partial charge in [0.05, 0.1) is 23.5 Å². The zero-order valence-corrected chi connectivity index (χ0v) is 16.8. The Morgan fingerprint density at radius 2 is 2.00 bits per heavy atom. The molecule has 0 spiro atoms. The highest BCUT2D eigenvalue weighted by Gasteiger charge is 2.16. The van der Waals surface area contributed by atoms with Crippen LogP contribution in [0, 0.1) is 0 Å². The molecule has 1 N–H and O–H groups in total. The number of thiazole rings is 1. The minimum absolute atomic E-state index is 0.0944. The Balaban J connectivity index is 1.51. The Hall–Kier alpha value is -2.78. The van der Waals surface area contributed by atoms with E-state index in [4.69, 9.17) is 4.74 Å². The van der Waals surface area contributed by atoms with E-state index in [1.165, 1.54) is 30.6 Å². The van der Waals surface area contributed by atoms with E-state index in [0.717, 1.165) is 11.3 Å². The predicted molar refractivity (Wildman–Crippen MR) is 108 cm³/mol. The SMILES string of the molecule is COc1ccc(S(=O)(=O)CCCC(=O)Nc2nc(-c3cccnc3)cs2)cc1. The maximum atomic E-state index is 12.3. The number of hydrogen-bond acceptors (Lipinski definition) is 7. The summed E-state index contributed by atoms with van der Waals surface area (Å²) < 4.78 is 29.7. The van der Waals surface area contributed by atoms with E-state index < -0.39 is 9.84 Å². The molecule has 0 aliphatic carbocycles. The molecule has 0 aliphatic rings. The lowest BCUT2D eigenvalue weighted by molar-refractivity contribution is -0.116. The number of pyridine rings is 1. The number of carbonyl (C=O) groups is 1. The summed E-state index contributed by atoms with van der Waals surface area (Å²) in [4.78, 5) is 20.7. The van der Waals surface area contributed by atoms with Gasteiger partial charge < -0.3 is 10.1 Å². The van der Waals surface area contributed by atoms with Crippen molar-refractivity contribution >= 4 is 32.2 Å². The Bertz CT molecular complexity index is 1030. The number of ether oxygens (including phenoxy) is 1. The monoisotopic (exact) mass is 417 g/mol. The van der Waals surface area contributed by atoms with Crippen molar-refractivity contribution in [2.24, 2.45) is 0 Å². The molecule has 0 saturated heterocycles. The number of sulfone groups is 1. The summed E-state index contributed by atoms with van der Waals surface area (Å²) in [6.45, 7) is 0. The molecule has 3 aromatic rings. The number of hydrogen-bond donors (Lipinski definition) is 1. The van der Waals surface area contributed by atoms with E-state index in [-0.39, 0.29) is 29.4 Å². The molecule has 0 aliphatic heterocycles. The summed E-state index contributed by atoms with van der Waals surface area (Å²) >= 11 is 1.31. The summed E-state index contributed by atoms with van der Waals surface area (Å²) in [6, 6.07) is 9.91. The molecule has 0 fully saturated rings. The molecule has 28 heavy (non-hydrogen) atoms. The van der Waals surface area contributed by atoms with Crippen LogP contribution in [0.5, 0.6) is 5.75 Å². The van der Waals surface area contributed by atoms with Gasteiger partial charge in [-0.1, -0.05) is 0 Å². The fraction of sp³-hybridized carbons (Fsp3) is 0.211. The van der Waals surface area contributed by atoms with Crippen LogP contribution in [0.4, 0.5) is 5.13 Å². The Kier molecular flexibility index (Phi) is 6.37. The number of nitrogens with zero attached hydrogens (tertiary/aromatic N) is 2. The maximum Gasteiger partial charge on any atom is 0.226 e. The number of nitrogens with one attached hydrogen (secondary N) is 1. The second-order valence-corrected chi connectivity index (χ2v) is 8.89. The molecule has 0 radical (unpaired) electrons. The van der Waals surface area contributed by atoms with Crippen LogP contribution < -0.4 is 10.1 Å². The van der Waals surface area contributed by atoms with Gasteiger partial charge in [-0.2, -0.15) is 0 Å². The average molecular weight is 418 g/mol. The van der Waals surface area contributed by atoms with Crippen molar-refractivity contribution in [3.05, 3.63) is 54.2 Å². The third kappa shape index (κ3) is 5.14. The molecule has 3 rings (SSSR count). The van der Waals surface area contributed by atoms with Gasteiger partial charge in [-0.15, -0.1) is 11.3 Å². The minimum Gasteiger partial charge on any atom is -0.497 e. The molecule has 9 heteroatoms. The average Bonchev–Trinajstić information content (AvgIpc) is 3.17. The van der Waals surface area contributed by atoms with Crippen LogP contribution in [0.15, 0.2) is 59.1 Å². The number of anilines is 1. The molecule has 2 aromatic heterocycles. The predicted octanol–water partition coefficient (Wildman–Crippen LogP) is 3.41. The van der Waals surface area contributed by atoms with Gasteiger partial charge in [0.15, 0.2) is 15.0 Å². The van der Waals surface area contributed by atoms with Crippen LogP contribution in [-0.4, -0.2) is 37.2 Å². The Labute approximate surface area is 167 Å². The third-order valence-electron chi connectivity index (χ3n) is 3.94. The standard InChI is InChI=1S/C19H19N3O4S2/c1-26-15-6-8-16(9-7-15)28(24,25)11-3-5-18(23)22-19-21-17(13-27-19)14-4-2-10-20-12-14/h2,4,6-10,12-13H,3,5,11H2,1H3,(H,21,22,23). The second-order valence-electron chi connectivity index (χ2n) is 5.93. The van der Waals surface area contributed by atoms with E-state index in [0.29, 0.717) is 10.9 Å². The molecule has 0 bridgehead atoms. The van der Waals surface area contributed by atoms with Gasteiger partial charge in [-0.25, -0.2) is 13.4 Å². The largest absolute Gasteiger partial charge is 0.497 e. The lowest BCUT2D eigenvalue weighted by atomic mass is 10.2. The Morgan fingerprint density at radius 3 is 2.68 bits per heavy atom. The molecule has 146 valence electrons. The molecule has 0 atom stereocenters. The van der Waals surface area contributed by atoms with Crippen molar-refractivity contribution in [1.82, 2.24) is 9.97 Å². The first kappa shape index (κ1) is 20.0. The van der Waals surface area contributed by atoms with Crippen molar-refractivity contribution in [2.45, 2.75) is 17.7 Å². The highest BCUT2D eigenvalue weighted by Crippen LogP contribution is 2.24. The lowest BCUT2D eigenvalue weighted by Crippen LogP contribution is -2.14. The van der Waals surface area contributed by atoms with E-state index in [1.54, 1.807) is 24.5 Å². The summed E-state index contributed by atoms with van der Waals surface area (Å²) in [5.41, 5.74) is 1.60. The quantitative estimate of drug-likeness (QED) is 0.603. The van der Waals surface area contributed by atoms with Crippen LogP contribution in [0.1, 0.15) is 12.8 Å². The van der Waals surface area contributed by atoms with Crippen molar-refractivity contribution < 1.29 is 17.9 Å². The molecule has 1 aromatic carbocycles. The molecule has 2 heterocycles. The highest BCUT2D eigenvalue weighted by molar-refractivity contribution is 7.91. The number of carbonyl (C=O) groups excluding carboxylic acids is 1. The molecular weight excluding hydrogens is 398 g/mol. The minimum atomic E-state index is -3.44. The normalized spacial score (nSPS) is 11.2. The highest BCUT2D eigenvalue weighted by atomic mass is 32.2. The first-order valence-corrected chi connectivity index (χ1v) is 11.0. The fourth-order valence-electron chi connectivity index (χ4n) is 2.48. The van der Waals surface area contributed by atoms with Gasteiger partial charge in [-0.3, -0.25) is 9.78 Å². The lowest BCUT2D eigenvalue weighted by Gasteiger charge is -2.06. The van der Waals surface area contributed by atoms with E-state index >= 15 is 0 Å². The summed E-state index contributed by atoms with van der Waals surface area (Å²) in [5.74, 6) is 0.218. The van der Waals surface area contributed by atoms with Crippen molar-refractivity contribution in [2.75, 3.05) is 18.2 Å². The van der Waals surface area contributed by atoms with E-state index in [1.807, 2.05) is 17.5 Å². The molecular formula is C19H19N3O4S2. The maximum absolute atomic E-state index is 12.3. The van der Waals surface area contributed by atoms with Crippen molar-refractivity contribution in [1.29, 1.82) is 0 Å². The molecule has 0 unspecified atom stereocenters. The first-order valence-electron chi connectivity index (χ1n) is 8.50. The van der Waals surface area contributed by atoms with Crippen LogP contribution in [0.2, 0.25) is 0 Å². The summed E-state index contributed by atoms with van der Waals surface area (Å²) in [6.07, 6.45) is 3.70. The number of aromatic nitrogens is 2. The van der Waals surface area contributed by atoms with Gasteiger partial charge in [0.25, 0.3) is 0 Å². The third-order valence-corrected chi connectivity index (χ3v) is 6.52. The number of methoxy groups -OCH3 is 1. The number of benzene rings is 1. The van der Waals surface area contributed by atoms with E-state index in [2.05, 4.69) is 15.3 Å². The van der Waals surface area contributed by atoms with Gasteiger partial charge in [0.2, 0.25) is 5.91 Å². The smallest absolute Gasteiger partial charge is 0.226 e. The van der Waals surface area contributed by atoms with Crippen LogP contribution in [0.25, 0.3) is 11.3 Å². The van der Waals surface area contributed by atoms with E-state index in [9.17, 15) is 13.2 Å².